The smallest absolute Gasteiger partial charge is 0.326 e. The first-order chi connectivity index (χ1) is 8.81. The molecule has 104 valence electrons. The summed E-state index contributed by atoms with van der Waals surface area (Å²) in [7, 11) is 0. The molecular weight excluding hydrogens is 364 g/mol. The van der Waals surface area contributed by atoms with Gasteiger partial charge in [0.05, 0.1) is 0 Å². The van der Waals surface area contributed by atoms with Crippen molar-refractivity contribution < 1.29 is 19.1 Å². The molecule has 0 aliphatic rings. The maximum atomic E-state index is 13.3. The molecule has 6 heteroatoms. The summed E-state index contributed by atoms with van der Waals surface area (Å²) in [5.41, 5.74) is 0.118. The van der Waals surface area contributed by atoms with Gasteiger partial charge in [-0.2, -0.15) is 0 Å². The Morgan fingerprint density at radius 3 is 2.53 bits per heavy atom. The van der Waals surface area contributed by atoms with Crippen LogP contribution in [0.4, 0.5) is 4.39 Å². The minimum Gasteiger partial charge on any atom is -0.480 e. The van der Waals surface area contributed by atoms with Crippen molar-refractivity contribution in [3.63, 3.8) is 0 Å². The van der Waals surface area contributed by atoms with Gasteiger partial charge in [-0.3, -0.25) is 4.79 Å². The summed E-state index contributed by atoms with van der Waals surface area (Å²) >= 11 is 1.82. The van der Waals surface area contributed by atoms with Gasteiger partial charge in [-0.25, -0.2) is 9.18 Å². The van der Waals surface area contributed by atoms with Crippen LogP contribution in [0.1, 0.15) is 30.6 Å². The van der Waals surface area contributed by atoms with E-state index in [1.165, 1.54) is 12.1 Å². The number of rotatable bonds is 5. The summed E-state index contributed by atoms with van der Waals surface area (Å²) in [6.45, 7) is 3.74. The molecule has 0 aliphatic carbocycles. The van der Waals surface area contributed by atoms with E-state index in [0.29, 0.717) is 9.99 Å². The molecule has 0 aliphatic heterocycles. The molecule has 1 amide bonds. The summed E-state index contributed by atoms with van der Waals surface area (Å²) in [4.78, 5) is 22.9. The van der Waals surface area contributed by atoms with Crippen LogP contribution in [0.3, 0.4) is 0 Å². The molecule has 0 saturated carbocycles. The number of halogens is 2. The highest BCUT2D eigenvalue weighted by molar-refractivity contribution is 14.1. The van der Waals surface area contributed by atoms with Crippen molar-refractivity contribution in [2.75, 3.05) is 0 Å². The minimum absolute atomic E-state index is 0.118. The third kappa shape index (κ3) is 4.77. The number of hydrogen-bond donors (Lipinski definition) is 2. The normalized spacial score (nSPS) is 12.3. The number of carboxylic acid groups (broad SMARTS) is 1. The fourth-order valence-electron chi connectivity index (χ4n) is 1.57. The lowest BCUT2D eigenvalue weighted by molar-refractivity contribution is -0.139. The van der Waals surface area contributed by atoms with E-state index >= 15 is 0 Å². The quantitative estimate of drug-likeness (QED) is 0.774. The van der Waals surface area contributed by atoms with Crippen molar-refractivity contribution in [1.29, 1.82) is 0 Å². The van der Waals surface area contributed by atoms with Gasteiger partial charge >= 0.3 is 5.97 Å². The Kier molecular flexibility index (Phi) is 5.71. The van der Waals surface area contributed by atoms with Crippen LogP contribution < -0.4 is 5.32 Å². The maximum Gasteiger partial charge on any atom is 0.326 e. The Balaban J connectivity index is 2.81. The molecule has 1 atom stereocenters. The van der Waals surface area contributed by atoms with Crippen molar-refractivity contribution in [2.24, 2.45) is 5.92 Å². The van der Waals surface area contributed by atoms with E-state index in [0.717, 1.165) is 6.07 Å². The Morgan fingerprint density at radius 1 is 1.42 bits per heavy atom. The number of amides is 1. The zero-order chi connectivity index (χ0) is 14.6. The molecule has 0 unspecified atom stereocenters. The first kappa shape index (κ1) is 15.9. The number of aliphatic carboxylic acids is 1. The van der Waals surface area contributed by atoms with Crippen molar-refractivity contribution in [1.82, 2.24) is 5.32 Å². The third-order valence-electron chi connectivity index (χ3n) is 2.49. The van der Waals surface area contributed by atoms with Gasteiger partial charge in [-0.05, 0) is 53.1 Å². The highest BCUT2D eigenvalue weighted by Gasteiger charge is 2.22. The van der Waals surface area contributed by atoms with E-state index < -0.39 is 23.7 Å². The molecule has 2 N–H and O–H groups in total. The zero-order valence-corrected chi connectivity index (χ0v) is 12.8. The number of carbonyl (C=O) groups excluding carboxylic acids is 1. The second-order valence-electron chi connectivity index (χ2n) is 4.62. The van der Waals surface area contributed by atoms with Gasteiger partial charge in [-0.1, -0.05) is 13.8 Å². The molecule has 0 radical (unpaired) electrons. The largest absolute Gasteiger partial charge is 0.480 e. The van der Waals surface area contributed by atoms with Gasteiger partial charge < -0.3 is 10.4 Å². The molecule has 0 heterocycles. The number of hydrogen-bond acceptors (Lipinski definition) is 2. The zero-order valence-electron chi connectivity index (χ0n) is 10.6. The highest BCUT2D eigenvalue weighted by atomic mass is 127. The number of carbonyl (C=O) groups is 2. The van der Waals surface area contributed by atoms with Gasteiger partial charge in [0.15, 0.2) is 0 Å². The second kappa shape index (κ2) is 6.83. The van der Waals surface area contributed by atoms with E-state index in [-0.39, 0.29) is 11.5 Å². The molecule has 0 aromatic heterocycles. The van der Waals surface area contributed by atoms with E-state index in [1.807, 2.05) is 36.4 Å². The second-order valence-corrected chi connectivity index (χ2v) is 5.78. The summed E-state index contributed by atoms with van der Waals surface area (Å²) in [5.74, 6) is -2.03. The third-order valence-corrected chi connectivity index (χ3v) is 3.37. The van der Waals surface area contributed by atoms with E-state index in [4.69, 9.17) is 5.11 Å². The monoisotopic (exact) mass is 379 g/mol. The first-order valence-corrected chi connectivity index (χ1v) is 6.88. The lowest BCUT2D eigenvalue weighted by Crippen LogP contribution is -2.41. The Bertz CT molecular complexity index is 491. The Labute approximate surface area is 124 Å². The van der Waals surface area contributed by atoms with Crippen LogP contribution in [-0.2, 0) is 4.79 Å². The van der Waals surface area contributed by atoms with E-state index in [1.54, 1.807) is 0 Å². The average Bonchev–Trinajstić information content (AvgIpc) is 2.31. The number of nitrogens with one attached hydrogen (secondary N) is 1. The van der Waals surface area contributed by atoms with E-state index in [9.17, 15) is 14.0 Å². The van der Waals surface area contributed by atoms with Crippen LogP contribution in [0.5, 0.6) is 0 Å². The molecule has 0 bridgehead atoms. The van der Waals surface area contributed by atoms with Crippen LogP contribution >= 0.6 is 22.6 Å². The standard InChI is InChI=1S/C13H15FINO3/c1-7(2)5-11(13(18)19)16-12(17)8-3-4-10(15)9(14)6-8/h3-4,6-7,11H,5H2,1-2H3,(H,16,17)(H,18,19)/t11-/m0/s1. The van der Waals surface area contributed by atoms with Gasteiger partial charge in [0.1, 0.15) is 11.9 Å². The van der Waals surface area contributed by atoms with Gasteiger partial charge in [0.25, 0.3) is 5.91 Å². The van der Waals surface area contributed by atoms with E-state index in [2.05, 4.69) is 5.32 Å². The molecule has 0 spiro atoms. The molecule has 1 aromatic rings. The van der Waals surface area contributed by atoms with Crippen molar-refractivity contribution >= 4 is 34.5 Å². The lowest BCUT2D eigenvalue weighted by Gasteiger charge is -2.16. The topological polar surface area (TPSA) is 66.4 Å². The van der Waals surface area contributed by atoms with Crippen molar-refractivity contribution in [3.8, 4) is 0 Å². The molecule has 1 aromatic carbocycles. The SMILES string of the molecule is CC(C)C[C@H](NC(=O)c1ccc(I)c(F)c1)C(=O)O. The summed E-state index contributed by atoms with van der Waals surface area (Å²) < 4.78 is 13.8. The number of carboxylic acids is 1. The lowest BCUT2D eigenvalue weighted by atomic mass is 10.0. The molecule has 0 saturated heterocycles. The summed E-state index contributed by atoms with van der Waals surface area (Å²) in [6, 6.07) is 3.08. The van der Waals surface area contributed by atoms with Gasteiger partial charge in [-0.15, -0.1) is 0 Å². The molecule has 19 heavy (non-hydrogen) atoms. The van der Waals surface area contributed by atoms with Crippen molar-refractivity contribution in [2.45, 2.75) is 26.3 Å². The summed E-state index contributed by atoms with van der Waals surface area (Å²) in [5, 5.41) is 11.4. The summed E-state index contributed by atoms with van der Waals surface area (Å²) in [6.07, 6.45) is 0.327. The fourth-order valence-corrected chi connectivity index (χ4v) is 1.91. The van der Waals surface area contributed by atoms with Crippen LogP contribution in [0.25, 0.3) is 0 Å². The molecule has 4 nitrogen and oxygen atoms in total. The highest BCUT2D eigenvalue weighted by Crippen LogP contribution is 2.13. The van der Waals surface area contributed by atoms with Crippen LogP contribution in [-0.4, -0.2) is 23.0 Å². The molecule has 1 rings (SSSR count). The van der Waals surface area contributed by atoms with Gasteiger partial charge in [0.2, 0.25) is 0 Å². The van der Waals surface area contributed by atoms with Crippen molar-refractivity contribution in [3.05, 3.63) is 33.1 Å². The minimum atomic E-state index is -1.09. The molecule has 0 fully saturated rings. The molecular formula is C13H15FINO3. The Morgan fingerprint density at radius 2 is 2.05 bits per heavy atom. The van der Waals surface area contributed by atoms with Gasteiger partial charge in [0, 0.05) is 9.13 Å². The van der Waals surface area contributed by atoms with Crippen LogP contribution in [0.15, 0.2) is 18.2 Å². The Hall–Kier alpha value is -1.18. The average molecular weight is 379 g/mol. The number of benzene rings is 1. The van der Waals surface area contributed by atoms with Crippen LogP contribution in [0, 0.1) is 15.3 Å². The predicted molar refractivity (Wildman–Crippen MR) is 77.5 cm³/mol. The predicted octanol–water partition coefficient (Wildman–Crippen LogP) is 2.66. The first-order valence-electron chi connectivity index (χ1n) is 5.80. The maximum absolute atomic E-state index is 13.3. The van der Waals surface area contributed by atoms with Crippen LogP contribution in [0.2, 0.25) is 0 Å². The fraction of sp³-hybridized carbons (Fsp3) is 0.385.